The number of pyridine rings is 1. The lowest BCUT2D eigenvalue weighted by molar-refractivity contribution is 0.580. The molecule has 0 unspecified atom stereocenters. The minimum absolute atomic E-state index is 0.833. The topological polar surface area (TPSA) is 38.1 Å². The van der Waals surface area contributed by atoms with E-state index in [1.807, 2.05) is 18.3 Å². The number of nitrogens with zero attached hydrogens (tertiary/aromatic N) is 1. The summed E-state index contributed by atoms with van der Waals surface area (Å²) < 4.78 is 5.30. The molecule has 0 fully saturated rings. The molecule has 0 amide bonds. The first-order valence-electron chi connectivity index (χ1n) is 4.66. The molecule has 70 valence electrons. The maximum atomic E-state index is 5.30. The fraction of sp³-hybridized carbons (Fsp3) is 0.182. The van der Waals surface area contributed by atoms with Gasteiger partial charge in [-0.3, -0.25) is 4.98 Å². The zero-order chi connectivity index (χ0) is 9.38. The van der Waals surface area contributed by atoms with Crippen molar-refractivity contribution < 1.29 is 4.42 Å². The highest BCUT2D eigenvalue weighted by Gasteiger charge is 2.12. The summed E-state index contributed by atoms with van der Waals surface area (Å²) >= 11 is 0. The fourth-order valence-corrected chi connectivity index (χ4v) is 1.74. The molecule has 3 rings (SSSR count). The van der Waals surface area contributed by atoms with Crippen LogP contribution in [0, 0.1) is 0 Å². The molecule has 0 saturated carbocycles. The van der Waals surface area contributed by atoms with E-state index in [1.165, 1.54) is 11.1 Å². The molecule has 1 aliphatic heterocycles. The van der Waals surface area contributed by atoms with Gasteiger partial charge in [0.05, 0.1) is 6.26 Å². The van der Waals surface area contributed by atoms with Crippen molar-refractivity contribution in [1.29, 1.82) is 0 Å². The van der Waals surface area contributed by atoms with Gasteiger partial charge in [-0.1, -0.05) is 0 Å². The Morgan fingerprint density at radius 3 is 3.07 bits per heavy atom. The molecule has 0 bridgehead atoms. The number of hydrogen-bond donors (Lipinski definition) is 1. The number of nitrogens with one attached hydrogen (secondary N) is 1. The zero-order valence-corrected chi connectivity index (χ0v) is 7.66. The van der Waals surface area contributed by atoms with Gasteiger partial charge in [-0.25, -0.2) is 0 Å². The quantitative estimate of drug-likeness (QED) is 0.739. The van der Waals surface area contributed by atoms with Gasteiger partial charge >= 0.3 is 0 Å². The number of rotatable bonds is 1. The number of hydrogen-bond acceptors (Lipinski definition) is 3. The first-order chi connectivity index (χ1) is 6.93. The van der Waals surface area contributed by atoms with Crippen LogP contribution in [0.25, 0.3) is 11.5 Å². The van der Waals surface area contributed by atoms with Crippen LogP contribution in [0.4, 0.5) is 0 Å². The molecule has 0 saturated heterocycles. The second-order valence-corrected chi connectivity index (χ2v) is 3.42. The molecule has 2 aromatic rings. The third kappa shape index (κ3) is 1.14. The van der Waals surface area contributed by atoms with Gasteiger partial charge in [0.25, 0.3) is 0 Å². The fourth-order valence-electron chi connectivity index (χ4n) is 1.74. The number of aromatic nitrogens is 1. The van der Waals surface area contributed by atoms with Crippen molar-refractivity contribution in [2.24, 2.45) is 0 Å². The van der Waals surface area contributed by atoms with Gasteiger partial charge < -0.3 is 9.73 Å². The van der Waals surface area contributed by atoms with Crippen molar-refractivity contribution in [2.75, 3.05) is 0 Å². The van der Waals surface area contributed by atoms with Gasteiger partial charge in [-0.05, 0) is 29.3 Å². The van der Waals surface area contributed by atoms with E-state index in [-0.39, 0.29) is 0 Å². The van der Waals surface area contributed by atoms with Crippen LogP contribution in [0.2, 0.25) is 0 Å². The molecule has 1 N–H and O–H groups in total. The molecule has 3 nitrogen and oxygen atoms in total. The van der Waals surface area contributed by atoms with Crippen LogP contribution in [0.15, 0.2) is 35.1 Å². The zero-order valence-electron chi connectivity index (χ0n) is 7.66. The Hall–Kier alpha value is -1.61. The molecule has 0 spiro atoms. The van der Waals surface area contributed by atoms with Crippen LogP contribution in [-0.2, 0) is 13.1 Å². The summed E-state index contributed by atoms with van der Waals surface area (Å²) in [4.78, 5) is 4.36. The lowest BCUT2D eigenvalue weighted by Crippen LogP contribution is -1.99. The average Bonchev–Trinajstić information content (AvgIpc) is 2.88. The number of furan rings is 1. The van der Waals surface area contributed by atoms with E-state index < -0.39 is 0 Å². The van der Waals surface area contributed by atoms with Crippen LogP contribution >= 0.6 is 0 Å². The minimum Gasteiger partial charge on any atom is -0.463 e. The molecule has 1 aliphatic rings. The van der Waals surface area contributed by atoms with E-state index in [1.54, 1.807) is 6.26 Å². The largest absolute Gasteiger partial charge is 0.463 e. The van der Waals surface area contributed by atoms with Crippen LogP contribution in [0.3, 0.4) is 0 Å². The molecular formula is C11H10N2O. The van der Waals surface area contributed by atoms with Crippen LogP contribution < -0.4 is 5.32 Å². The lowest BCUT2D eigenvalue weighted by atomic mass is 10.1. The third-order valence-electron chi connectivity index (χ3n) is 2.49. The Bertz CT molecular complexity index is 448. The third-order valence-corrected chi connectivity index (χ3v) is 2.49. The summed E-state index contributed by atoms with van der Waals surface area (Å²) in [5, 5.41) is 3.29. The van der Waals surface area contributed by atoms with Crippen LogP contribution in [0.5, 0.6) is 0 Å². The van der Waals surface area contributed by atoms with Crippen molar-refractivity contribution in [3.63, 3.8) is 0 Å². The average molecular weight is 186 g/mol. The van der Waals surface area contributed by atoms with Gasteiger partial charge in [0, 0.05) is 19.3 Å². The predicted molar refractivity (Wildman–Crippen MR) is 52.5 cm³/mol. The lowest BCUT2D eigenvalue weighted by Gasteiger charge is -1.99. The van der Waals surface area contributed by atoms with Gasteiger partial charge in [0.15, 0.2) is 5.76 Å². The van der Waals surface area contributed by atoms with Crippen molar-refractivity contribution >= 4 is 0 Å². The Morgan fingerprint density at radius 2 is 2.21 bits per heavy atom. The normalized spacial score (nSPS) is 14.3. The van der Waals surface area contributed by atoms with E-state index in [2.05, 4.69) is 16.4 Å². The van der Waals surface area contributed by atoms with Crippen molar-refractivity contribution in [1.82, 2.24) is 10.3 Å². The van der Waals surface area contributed by atoms with E-state index in [0.29, 0.717) is 0 Å². The first kappa shape index (κ1) is 7.76. The van der Waals surface area contributed by atoms with Crippen molar-refractivity contribution in [2.45, 2.75) is 13.1 Å². The van der Waals surface area contributed by atoms with Crippen molar-refractivity contribution in [3.05, 3.63) is 41.8 Å². The second-order valence-electron chi connectivity index (χ2n) is 3.42. The predicted octanol–water partition coefficient (Wildman–Crippen LogP) is 1.94. The summed E-state index contributed by atoms with van der Waals surface area (Å²) in [6.45, 7) is 1.87. The summed E-state index contributed by atoms with van der Waals surface area (Å²) in [6, 6.07) is 5.90. The molecule has 0 aromatic carbocycles. The summed E-state index contributed by atoms with van der Waals surface area (Å²) in [5.41, 5.74) is 3.53. The molecule has 3 heterocycles. The highest BCUT2D eigenvalue weighted by molar-refractivity contribution is 5.54. The first-order valence-corrected chi connectivity index (χ1v) is 4.66. The summed E-state index contributed by atoms with van der Waals surface area (Å²) in [6.07, 6.45) is 3.59. The molecule has 3 heteroatoms. The van der Waals surface area contributed by atoms with E-state index in [4.69, 9.17) is 4.42 Å². The Kier molecular flexibility index (Phi) is 1.64. The molecular weight excluding hydrogens is 176 g/mol. The maximum Gasteiger partial charge on any atom is 0.152 e. The Labute approximate surface area is 81.8 Å². The van der Waals surface area contributed by atoms with Gasteiger partial charge in [-0.15, -0.1) is 0 Å². The molecule has 0 aliphatic carbocycles. The van der Waals surface area contributed by atoms with E-state index >= 15 is 0 Å². The SMILES string of the molecule is c1coc(-c2cc3c(cn2)CNC3)c1. The summed E-state index contributed by atoms with van der Waals surface area (Å²) in [5.74, 6) is 0.833. The van der Waals surface area contributed by atoms with Crippen LogP contribution in [0.1, 0.15) is 11.1 Å². The van der Waals surface area contributed by atoms with Crippen molar-refractivity contribution in [3.8, 4) is 11.5 Å². The Morgan fingerprint density at radius 1 is 1.29 bits per heavy atom. The molecule has 0 atom stereocenters. The smallest absolute Gasteiger partial charge is 0.152 e. The highest BCUT2D eigenvalue weighted by Crippen LogP contribution is 2.22. The highest BCUT2D eigenvalue weighted by atomic mass is 16.3. The molecule has 2 aromatic heterocycles. The second kappa shape index (κ2) is 2.96. The number of fused-ring (bicyclic) bond motifs is 1. The standard InChI is InChI=1S/C11H10N2O/c1-2-11(14-3-1)10-4-8-5-12-6-9(8)7-13-10/h1-4,7,12H,5-6H2. The Balaban J connectivity index is 2.09. The van der Waals surface area contributed by atoms with E-state index in [9.17, 15) is 0 Å². The van der Waals surface area contributed by atoms with Gasteiger partial charge in [-0.2, -0.15) is 0 Å². The monoisotopic (exact) mass is 186 g/mol. The van der Waals surface area contributed by atoms with E-state index in [0.717, 1.165) is 24.5 Å². The van der Waals surface area contributed by atoms with Gasteiger partial charge in [0.2, 0.25) is 0 Å². The van der Waals surface area contributed by atoms with Gasteiger partial charge in [0.1, 0.15) is 5.69 Å². The van der Waals surface area contributed by atoms with Crippen LogP contribution in [-0.4, -0.2) is 4.98 Å². The minimum atomic E-state index is 0.833. The molecule has 0 radical (unpaired) electrons. The summed E-state index contributed by atoms with van der Waals surface area (Å²) in [7, 11) is 0. The maximum absolute atomic E-state index is 5.30. The molecule has 14 heavy (non-hydrogen) atoms.